The average molecular weight is 485 g/mol. The summed E-state index contributed by atoms with van der Waals surface area (Å²) in [6.07, 6.45) is 2.40. The molecule has 1 N–H and O–H groups in total. The van der Waals surface area contributed by atoms with Gasteiger partial charge in [-0.25, -0.2) is 0 Å². The van der Waals surface area contributed by atoms with Crippen LogP contribution in [0, 0.1) is 0 Å². The van der Waals surface area contributed by atoms with Crippen molar-refractivity contribution in [2.75, 3.05) is 14.2 Å². The fourth-order valence-electron chi connectivity index (χ4n) is 4.91. The van der Waals surface area contributed by atoms with Crippen molar-refractivity contribution in [2.45, 2.75) is 38.5 Å². The Morgan fingerprint density at radius 3 is 2.64 bits per heavy atom. The first kappa shape index (κ1) is 23.7. The number of rotatable bonds is 7. The van der Waals surface area contributed by atoms with Crippen LogP contribution in [0.4, 0.5) is 0 Å². The lowest BCUT2D eigenvalue weighted by Crippen LogP contribution is -2.52. The highest BCUT2D eigenvalue weighted by Gasteiger charge is 2.39. The van der Waals surface area contributed by atoms with Gasteiger partial charge in [0.1, 0.15) is 11.8 Å². The number of carbonyl (C=O) groups is 3. The molecule has 5 rings (SSSR count). The first-order valence-electron chi connectivity index (χ1n) is 12.0. The Labute approximate surface area is 209 Å². The summed E-state index contributed by atoms with van der Waals surface area (Å²) in [4.78, 5) is 45.1. The molecule has 1 fully saturated rings. The Hall–Kier alpha value is -4.04. The highest BCUT2D eigenvalue weighted by Crippen LogP contribution is 2.31. The summed E-state index contributed by atoms with van der Waals surface area (Å²) < 4.78 is 5.32. The van der Waals surface area contributed by atoms with Crippen LogP contribution in [0.25, 0.3) is 11.3 Å². The molecule has 0 saturated carbocycles. The third kappa shape index (κ3) is 4.85. The molecule has 36 heavy (non-hydrogen) atoms. The van der Waals surface area contributed by atoms with Gasteiger partial charge in [0.15, 0.2) is 0 Å². The molecule has 2 aliphatic heterocycles. The molecule has 3 amide bonds. The number of aromatic nitrogens is 1. The van der Waals surface area contributed by atoms with E-state index in [0.717, 1.165) is 41.2 Å². The third-order valence-corrected chi connectivity index (χ3v) is 6.68. The van der Waals surface area contributed by atoms with Gasteiger partial charge < -0.3 is 9.64 Å². The highest BCUT2D eigenvalue weighted by atomic mass is 16.5. The van der Waals surface area contributed by atoms with E-state index in [1.54, 1.807) is 18.2 Å². The minimum atomic E-state index is -0.618. The number of fused-ring (bicyclic) bond motifs is 1. The minimum Gasteiger partial charge on any atom is -0.497 e. The maximum atomic E-state index is 13.0. The number of ether oxygens (including phenoxy) is 1. The number of nitrogens with one attached hydrogen (secondary N) is 1. The zero-order valence-electron chi connectivity index (χ0n) is 20.4. The molecule has 8 nitrogen and oxygen atoms in total. The number of amides is 3. The van der Waals surface area contributed by atoms with E-state index in [-0.39, 0.29) is 18.2 Å². The number of benzene rings is 2. The van der Waals surface area contributed by atoms with Crippen molar-refractivity contribution in [3.63, 3.8) is 0 Å². The third-order valence-electron chi connectivity index (χ3n) is 6.68. The van der Waals surface area contributed by atoms with E-state index in [2.05, 4.69) is 34.4 Å². The van der Waals surface area contributed by atoms with Crippen molar-refractivity contribution in [3.8, 4) is 17.0 Å². The van der Waals surface area contributed by atoms with Crippen LogP contribution < -0.4 is 10.1 Å². The van der Waals surface area contributed by atoms with E-state index >= 15 is 0 Å². The second kappa shape index (κ2) is 9.91. The smallest absolute Gasteiger partial charge is 0.255 e. The van der Waals surface area contributed by atoms with Crippen molar-refractivity contribution in [2.24, 2.45) is 0 Å². The number of methoxy groups -OCH3 is 1. The Kier molecular flexibility index (Phi) is 6.52. The quantitative estimate of drug-likeness (QED) is 0.518. The Bertz CT molecular complexity index is 1340. The SMILES string of the molecule is COc1cccc(CN(C)Cc2ccnc(-c3ccc4c(c3)CN(C3CCC(=O)NC3=O)C4=O)c2)c1. The Morgan fingerprint density at radius 2 is 1.86 bits per heavy atom. The number of carbonyl (C=O) groups excluding carboxylic acids is 3. The van der Waals surface area contributed by atoms with Gasteiger partial charge in [0.05, 0.1) is 12.8 Å². The maximum absolute atomic E-state index is 13.0. The van der Waals surface area contributed by atoms with Crippen LogP contribution in [-0.4, -0.2) is 52.7 Å². The van der Waals surface area contributed by atoms with Crippen LogP contribution in [0.5, 0.6) is 5.75 Å². The number of nitrogens with zero attached hydrogens (tertiary/aromatic N) is 3. The van der Waals surface area contributed by atoms with Crippen molar-refractivity contribution in [3.05, 3.63) is 83.0 Å². The van der Waals surface area contributed by atoms with Gasteiger partial charge in [-0.15, -0.1) is 0 Å². The molecule has 0 spiro atoms. The van der Waals surface area contributed by atoms with Gasteiger partial charge in [-0.3, -0.25) is 29.6 Å². The van der Waals surface area contributed by atoms with Gasteiger partial charge in [-0.1, -0.05) is 18.2 Å². The molecule has 1 atom stereocenters. The Morgan fingerprint density at radius 1 is 1.06 bits per heavy atom. The lowest BCUT2D eigenvalue weighted by atomic mass is 10.0. The fourth-order valence-corrected chi connectivity index (χ4v) is 4.91. The zero-order valence-corrected chi connectivity index (χ0v) is 20.4. The zero-order chi connectivity index (χ0) is 25.2. The van der Waals surface area contributed by atoms with E-state index in [9.17, 15) is 14.4 Å². The predicted octanol–water partition coefficient (Wildman–Crippen LogP) is 3.15. The molecule has 0 radical (unpaired) electrons. The normalized spacial score (nSPS) is 17.4. The van der Waals surface area contributed by atoms with E-state index < -0.39 is 11.9 Å². The van der Waals surface area contributed by atoms with E-state index in [4.69, 9.17) is 4.74 Å². The predicted molar refractivity (Wildman–Crippen MR) is 134 cm³/mol. The first-order chi connectivity index (χ1) is 17.4. The number of hydrogen-bond donors (Lipinski definition) is 1. The summed E-state index contributed by atoms with van der Waals surface area (Å²) in [6.45, 7) is 1.88. The number of piperidine rings is 1. The molecule has 184 valence electrons. The first-order valence-corrected chi connectivity index (χ1v) is 12.0. The highest BCUT2D eigenvalue weighted by molar-refractivity contribution is 6.05. The van der Waals surface area contributed by atoms with Gasteiger partial charge in [-0.2, -0.15) is 0 Å². The summed E-state index contributed by atoms with van der Waals surface area (Å²) in [5.41, 5.74) is 5.52. The molecule has 0 aliphatic carbocycles. The molecule has 2 aromatic carbocycles. The van der Waals surface area contributed by atoms with Crippen molar-refractivity contribution in [1.29, 1.82) is 0 Å². The second-order valence-electron chi connectivity index (χ2n) is 9.35. The van der Waals surface area contributed by atoms with Crippen LogP contribution in [0.3, 0.4) is 0 Å². The molecule has 3 heterocycles. The molecule has 0 bridgehead atoms. The van der Waals surface area contributed by atoms with Crippen LogP contribution in [0.1, 0.15) is 39.9 Å². The van der Waals surface area contributed by atoms with Crippen molar-refractivity contribution < 1.29 is 19.1 Å². The van der Waals surface area contributed by atoms with Crippen LogP contribution in [0.15, 0.2) is 60.8 Å². The Balaban J connectivity index is 1.30. The van der Waals surface area contributed by atoms with Crippen molar-refractivity contribution >= 4 is 17.7 Å². The van der Waals surface area contributed by atoms with Crippen LogP contribution in [0.2, 0.25) is 0 Å². The van der Waals surface area contributed by atoms with Crippen LogP contribution >= 0.6 is 0 Å². The topological polar surface area (TPSA) is 91.8 Å². The summed E-state index contributed by atoms with van der Waals surface area (Å²) in [5.74, 6) is -0.0202. The molecular weight excluding hydrogens is 456 g/mol. The average Bonchev–Trinajstić information content (AvgIpc) is 3.19. The number of imide groups is 1. The minimum absolute atomic E-state index is 0.174. The van der Waals surface area contributed by atoms with Gasteiger partial charge in [-0.05, 0) is 66.6 Å². The molecular formula is C28H28N4O4. The van der Waals surface area contributed by atoms with Crippen molar-refractivity contribution in [1.82, 2.24) is 20.1 Å². The monoisotopic (exact) mass is 484 g/mol. The summed E-state index contributed by atoms with van der Waals surface area (Å²) >= 11 is 0. The molecule has 8 heteroatoms. The summed E-state index contributed by atoms with van der Waals surface area (Å²) in [6, 6.07) is 17.2. The molecule has 3 aromatic rings. The summed E-state index contributed by atoms with van der Waals surface area (Å²) in [7, 11) is 3.74. The van der Waals surface area contributed by atoms with Gasteiger partial charge in [0.2, 0.25) is 11.8 Å². The number of hydrogen-bond acceptors (Lipinski definition) is 6. The number of pyridine rings is 1. The molecule has 1 saturated heterocycles. The van der Waals surface area contributed by atoms with E-state index in [1.807, 2.05) is 42.5 Å². The molecule has 1 aromatic heterocycles. The van der Waals surface area contributed by atoms with Crippen LogP contribution in [-0.2, 0) is 29.2 Å². The molecule has 2 aliphatic rings. The molecule has 1 unspecified atom stereocenters. The lowest BCUT2D eigenvalue weighted by molar-refractivity contribution is -0.136. The lowest BCUT2D eigenvalue weighted by Gasteiger charge is -2.29. The van der Waals surface area contributed by atoms with Gasteiger partial charge >= 0.3 is 0 Å². The largest absolute Gasteiger partial charge is 0.497 e. The fraction of sp³-hybridized carbons (Fsp3) is 0.286. The van der Waals surface area contributed by atoms with E-state index in [1.165, 1.54) is 5.56 Å². The second-order valence-corrected chi connectivity index (χ2v) is 9.35. The van der Waals surface area contributed by atoms with Gasteiger partial charge in [0.25, 0.3) is 5.91 Å². The van der Waals surface area contributed by atoms with Gasteiger partial charge in [0, 0.05) is 43.4 Å². The maximum Gasteiger partial charge on any atom is 0.255 e. The standard InChI is InChI=1S/C28H28N4O4/c1-31(15-18-4-3-5-22(12-18)36-2)16-19-10-11-29-24(13-19)20-6-7-23-21(14-20)17-32(28(23)35)25-8-9-26(33)30-27(25)34/h3-7,10-14,25H,8-9,15-17H2,1-2H3,(H,30,33,34). The van der Waals surface area contributed by atoms with E-state index in [0.29, 0.717) is 18.5 Å². The summed E-state index contributed by atoms with van der Waals surface area (Å²) in [5, 5.41) is 2.34.